The highest BCUT2D eigenvalue weighted by atomic mass is 79.9. The second-order valence-electron chi connectivity index (χ2n) is 4.68. The molecule has 8 heteroatoms. The number of amides is 1. The summed E-state index contributed by atoms with van der Waals surface area (Å²) in [7, 11) is 0. The summed E-state index contributed by atoms with van der Waals surface area (Å²) in [5.74, 6) is -0.146. The predicted molar refractivity (Wildman–Crippen MR) is 97.2 cm³/mol. The van der Waals surface area contributed by atoms with Crippen LogP contribution in [0.3, 0.4) is 0 Å². The molecule has 0 aliphatic rings. The number of hydrogen-bond donors (Lipinski definition) is 2. The number of nitrogens with zero attached hydrogens (tertiary/aromatic N) is 2. The average Bonchev–Trinajstić information content (AvgIpc) is 3.24. The van der Waals surface area contributed by atoms with E-state index in [2.05, 4.69) is 36.4 Å². The van der Waals surface area contributed by atoms with Crippen molar-refractivity contribution < 1.29 is 4.79 Å². The maximum atomic E-state index is 12.1. The molecule has 23 heavy (non-hydrogen) atoms. The predicted octanol–water partition coefficient (Wildman–Crippen LogP) is 4.76. The van der Waals surface area contributed by atoms with E-state index < -0.39 is 0 Å². The Morgan fingerprint density at radius 3 is 2.87 bits per heavy atom. The van der Waals surface area contributed by atoms with Crippen molar-refractivity contribution in [2.24, 2.45) is 0 Å². The molecule has 3 heterocycles. The normalized spacial score (nSPS) is 11.0. The quantitative estimate of drug-likeness (QED) is 0.516. The van der Waals surface area contributed by atoms with Gasteiger partial charge in [0.25, 0.3) is 5.91 Å². The van der Waals surface area contributed by atoms with E-state index in [1.54, 1.807) is 6.07 Å². The molecule has 0 unspecified atom stereocenters. The van der Waals surface area contributed by atoms with E-state index in [-0.39, 0.29) is 5.91 Å². The zero-order valence-corrected chi connectivity index (χ0v) is 14.8. The van der Waals surface area contributed by atoms with E-state index in [9.17, 15) is 4.79 Å². The van der Waals surface area contributed by atoms with Crippen LogP contribution >= 0.6 is 38.6 Å². The average molecular weight is 405 g/mol. The van der Waals surface area contributed by atoms with E-state index in [0.29, 0.717) is 15.7 Å². The minimum atomic E-state index is -0.146. The van der Waals surface area contributed by atoms with E-state index in [1.807, 2.05) is 35.7 Å². The summed E-state index contributed by atoms with van der Waals surface area (Å²) in [6, 6.07) is 11.5. The topological polar surface area (TPSA) is 70.7 Å². The van der Waals surface area contributed by atoms with Crippen molar-refractivity contribution in [3.05, 3.63) is 51.1 Å². The number of nitrogens with one attached hydrogen (secondary N) is 2. The summed E-state index contributed by atoms with van der Waals surface area (Å²) in [4.78, 5) is 17.2. The van der Waals surface area contributed by atoms with E-state index in [4.69, 9.17) is 0 Å². The number of aromatic amines is 1. The molecule has 0 saturated heterocycles. The third-order valence-electron chi connectivity index (χ3n) is 3.21. The van der Waals surface area contributed by atoms with Gasteiger partial charge in [0.15, 0.2) is 10.8 Å². The number of thiophene rings is 1. The summed E-state index contributed by atoms with van der Waals surface area (Å²) in [5.41, 5.74) is 2.47. The van der Waals surface area contributed by atoms with Crippen LogP contribution in [0.1, 0.15) is 9.67 Å². The van der Waals surface area contributed by atoms with Crippen LogP contribution in [0.4, 0.5) is 5.13 Å². The smallest absolute Gasteiger partial charge is 0.267 e. The van der Waals surface area contributed by atoms with Crippen LogP contribution in [-0.2, 0) is 0 Å². The molecule has 1 aromatic carbocycles. The Labute approximate surface area is 147 Å². The maximum Gasteiger partial charge on any atom is 0.267 e. The Kier molecular flexibility index (Phi) is 3.72. The fourth-order valence-corrected chi connectivity index (χ4v) is 4.18. The highest BCUT2D eigenvalue weighted by molar-refractivity contribution is 9.10. The van der Waals surface area contributed by atoms with Crippen molar-refractivity contribution in [3.63, 3.8) is 0 Å². The van der Waals surface area contributed by atoms with Gasteiger partial charge in [0.1, 0.15) is 10.4 Å². The number of thiazole rings is 1. The highest BCUT2D eigenvalue weighted by Gasteiger charge is 2.17. The fourth-order valence-electron chi connectivity index (χ4n) is 2.17. The molecule has 0 aliphatic heterocycles. The molecule has 0 radical (unpaired) electrons. The van der Waals surface area contributed by atoms with Gasteiger partial charge < -0.3 is 0 Å². The lowest BCUT2D eigenvalue weighted by Crippen LogP contribution is -2.09. The summed E-state index contributed by atoms with van der Waals surface area (Å²) in [5, 5.41) is 12.5. The lowest BCUT2D eigenvalue weighted by Gasteiger charge is -2.00. The molecule has 0 saturated carbocycles. The lowest BCUT2D eigenvalue weighted by molar-refractivity contribution is 0.103. The van der Waals surface area contributed by atoms with Gasteiger partial charge in [-0.2, -0.15) is 5.10 Å². The van der Waals surface area contributed by atoms with Gasteiger partial charge in [-0.05, 0) is 17.5 Å². The van der Waals surface area contributed by atoms with Gasteiger partial charge in [-0.1, -0.05) is 51.5 Å². The first kappa shape index (κ1) is 14.6. The molecule has 0 bridgehead atoms. The van der Waals surface area contributed by atoms with Gasteiger partial charge in [0, 0.05) is 10.0 Å². The number of H-pyrrole nitrogens is 1. The Morgan fingerprint density at radius 1 is 1.22 bits per heavy atom. The van der Waals surface area contributed by atoms with E-state index in [0.717, 1.165) is 20.4 Å². The van der Waals surface area contributed by atoms with E-state index >= 15 is 0 Å². The number of fused-ring (bicyclic) bond motifs is 1. The van der Waals surface area contributed by atoms with Crippen molar-refractivity contribution in [1.82, 2.24) is 15.2 Å². The molecule has 0 spiro atoms. The number of halogens is 1. The third-order valence-corrected chi connectivity index (χ3v) is 5.75. The molecule has 4 rings (SSSR count). The molecule has 0 aliphatic carbocycles. The summed E-state index contributed by atoms with van der Waals surface area (Å²) in [6.07, 6.45) is 0. The standard InChI is InChI=1S/C15H9BrN4OS2/c16-9-5-2-1-4-8(9)11-12-13(20-19-11)17-15(23-12)18-14(21)10-6-3-7-22-10/h1-7H,(H2,17,18,19,20,21). The van der Waals surface area contributed by atoms with Crippen molar-refractivity contribution in [2.75, 3.05) is 5.32 Å². The summed E-state index contributed by atoms with van der Waals surface area (Å²) in [6.45, 7) is 0. The lowest BCUT2D eigenvalue weighted by atomic mass is 10.1. The Bertz CT molecular complexity index is 990. The van der Waals surface area contributed by atoms with Crippen LogP contribution in [0.15, 0.2) is 46.3 Å². The van der Waals surface area contributed by atoms with Gasteiger partial charge in [-0.15, -0.1) is 11.3 Å². The van der Waals surface area contributed by atoms with Crippen LogP contribution in [0.5, 0.6) is 0 Å². The number of rotatable bonds is 3. The number of aromatic nitrogens is 3. The molecular formula is C15H9BrN4OS2. The molecule has 0 atom stereocenters. The van der Waals surface area contributed by atoms with Crippen LogP contribution in [0.2, 0.25) is 0 Å². The SMILES string of the molecule is O=C(Nc1nc2[nH]nc(-c3ccccc3Br)c2s1)c1cccs1. The Morgan fingerprint density at radius 2 is 2.09 bits per heavy atom. The minimum absolute atomic E-state index is 0.146. The van der Waals surface area contributed by atoms with Crippen molar-refractivity contribution in [2.45, 2.75) is 0 Å². The van der Waals surface area contributed by atoms with Crippen LogP contribution < -0.4 is 5.32 Å². The van der Waals surface area contributed by atoms with E-state index in [1.165, 1.54) is 22.7 Å². The van der Waals surface area contributed by atoms with Gasteiger partial charge in [0.05, 0.1) is 4.88 Å². The molecule has 0 fully saturated rings. The molecule has 2 N–H and O–H groups in total. The number of anilines is 1. The van der Waals surface area contributed by atoms with Crippen LogP contribution in [0, 0.1) is 0 Å². The monoisotopic (exact) mass is 404 g/mol. The van der Waals surface area contributed by atoms with Gasteiger partial charge in [0.2, 0.25) is 0 Å². The Balaban J connectivity index is 1.70. The van der Waals surface area contributed by atoms with Crippen LogP contribution in [-0.4, -0.2) is 21.1 Å². The first-order valence-corrected chi connectivity index (χ1v) is 9.16. The number of benzene rings is 1. The zero-order chi connectivity index (χ0) is 15.8. The van der Waals surface area contributed by atoms with Gasteiger partial charge >= 0.3 is 0 Å². The van der Waals surface area contributed by atoms with Crippen LogP contribution in [0.25, 0.3) is 21.6 Å². The highest BCUT2D eigenvalue weighted by Crippen LogP contribution is 2.36. The number of carbonyl (C=O) groups excluding carboxylic acids is 1. The first-order valence-electron chi connectivity index (χ1n) is 6.67. The fraction of sp³-hybridized carbons (Fsp3) is 0. The molecule has 3 aromatic heterocycles. The maximum absolute atomic E-state index is 12.1. The largest absolute Gasteiger partial charge is 0.297 e. The summed E-state index contributed by atoms with van der Waals surface area (Å²) >= 11 is 6.34. The van der Waals surface area contributed by atoms with Gasteiger partial charge in [-0.3, -0.25) is 15.2 Å². The Hall–Kier alpha value is -2.03. The first-order chi connectivity index (χ1) is 11.2. The summed E-state index contributed by atoms with van der Waals surface area (Å²) < 4.78 is 1.88. The minimum Gasteiger partial charge on any atom is -0.297 e. The third kappa shape index (κ3) is 2.69. The van der Waals surface area contributed by atoms with Crippen molar-refractivity contribution >= 4 is 60.0 Å². The second kappa shape index (κ2) is 5.88. The van der Waals surface area contributed by atoms with Crippen molar-refractivity contribution in [1.29, 1.82) is 0 Å². The van der Waals surface area contributed by atoms with Gasteiger partial charge in [-0.25, -0.2) is 4.98 Å². The molecule has 114 valence electrons. The number of hydrogen-bond acceptors (Lipinski definition) is 5. The molecule has 1 amide bonds. The second-order valence-corrected chi connectivity index (χ2v) is 7.48. The molecule has 4 aromatic rings. The zero-order valence-electron chi connectivity index (χ0n) is 11.5. The molecule has 5 nitrogen and oxygen atoms in total. The van der Waals surface area contributed by atoms with Crippen molar-refractivity contribution in [3.8, 4) is 11.3 Å². The number of carbonyl (C=O) groups is 1. The molecular weight excluding hydrogens is 396 g/mol.